The summed E-state index contributed by atoms with van der Waals surface area (Å²) in [6.07, 6.45) is 11.0. The zero-order chi connectivity index (χ0) is 22.9. The number of carbonyl (C=O) groups excluding carboxylic acids is 1. The first kappa shape index (κ1) is 30.7. The molecule has 0 aromatic rings. The van der Waals surface area contributed by atoms with Crippen molar-refractivity contribution in [2.75, 3.05) is 26.2 Å². The third-order valence-electron chi connectivity index (χ3n) is 7.22. The molecule has 5 N–H and O–H groups in total. The van der Waals surface area contributed by atoms with Gasteiger partial charge in [0.05, 0.1) is 18.6 Å². The zero-order valence-corrected chi connectivity index (χ0v) is 21.7. The van der Waals surface area contributed by atoms with E-state index in [1.807, 2.05) is 9.80 Å². The number of guanidine groups is 1. The summed E-state index contributed by atoms with van der Waals surface area (Å²) in [7, 11) is 0. The van der Waals surface area contributed by atoms with E-state index >= 15 is 0 Å². The minimum absolute atomic E-state index is 0. The minimum atomic E-state index is -0.930. The Bertz CT molecular complexity index is 643. The van der Waals surface area contributed by atoms with Crippen molar-refractivity contribution in [1.82, 2.24) is 15.1 Å². The van der Waals surface area contributed by atoms with Crippen LogP contribution in [0.15, 0.2) is 0 Å². The number of halogens is 2. The van der Waals surface area contributed by atoms with E-state index in [1.54, 1.807) is 0 Å². The first-order valence-electron chi connectivity index (χ1n) is 12.4. The number of amides is 1. The number of carboxylic acid groups (broad SMARTS) is 1. The first-order chi connectivity index (χ1) is 15.4. The lowest BCUT2D eigenvalue weighted by Crippen LogP contribution is -2.55. The molecule has 2 atom stereocenters. The molecule has 0 aromatic heterocycles. The summed E-state index contributed by atoms with van der Waals surface area (Å²) in [6, 6.07) is -0.296. The average molecular weight is 525 g/mol. The van der Waals surface area contributed by atoms with Crippen molar-refractivity contribution in [3.05, 3.63) is 0 Å². The fraction of sp³-hybridized carbons (Fsp3) is 0.870. The number of nitrogens with one attached hydrogen (secondary N) is 2. The molecule has 9 nitrogen and oxygen atoms in total. The third-order valence-corrected chi connectivity index (χ3v) is 7.22. The van der Waals surface area contributed by atoms with Crippen LogP contribution in [0.25, 0.3) is 0 Å². The summed E-state index contributed by atoms with van der Waals surface area (Å²) in [4.78, 5) is 28.7. The second-order valence-electron chi connectivity index (χ2n) is 9.56. The SMILES string of the molecule is Cl.Cl.N=C(N)N1CCC(OCC[C@H]2CCCCN2C(=O)[C@H](CC(=O)O)NC2CCCCC2)CC1. The van der Waals surface area contributed by atoms with Gasteiger partial charge in [-0.3, -0.25) is 15.0 Å². The Morgan fingerprint density at radius 2 is 1.65 bits per heavy atom. The highest BCUT2D eigenvalue weighted by molar-refractivity contribution is 5.86. The summed E-state index contributed by atoms with van der Waals surface area (Å²) in [5.74, 6) is -0.865. The van der Waals surface area contributed by atoms with Crippen LogP contribution in [0.5, 0.6) is 0 Å². The van der Waals surface area contributed by atoms with E-state index < -0.39 is 12.0 Å². The van der Waals surface area contributed by atoms with E-state index in [2.05, 4.69) is 5.32 Å². The van der Waals surface area contributed by atoms with Gasteiger partial charge in [-0.25, -0.2) is 0 Å². The van der Waals surface area contributed by atoms with Crippen LogP contribution in [0.3, 0.4) is 0 Å². The van der Waals surface area contributed by atoms with Crippen LogP contribution in [-0.2, 0) is 14.3 Å². The van der Waals surface area contributed by atoms with Crippen LogP contribution in [0.4, 0.5) is 0 Å². The molecule has 1 amide bonds. The molecule has 1 saturated carbocycles. The van der Waals surface area contributed by atoms with Crippen molar-refractivity contribution in [2.45, 2.75) is 101 Å². The third kappa shape index (κ3) is 9.40. The molecule has 2 heterocycles. The second kappa shape index (κ2) is 15.7. The second-order valence-corrected chi connectivity index (χ2v) is 9.56. The van der Waals surface area contributed by atoms with E-state index in [0.29, 0.717) is 13.2 Å². The largest absolute Gasteiger partial charge is 0.481 e. The molecular weight excluding hydrogens is 481 g/mol. The predicted molar refractivity (Wildman–Crippen MR) is 137 cm³/mol. The van der Waals surface area contributed by atoms with Gasteiger partial charge in [0.1, 0.15) is 0 Å². The Hall–Kier alpha value is -1.29. The Balaban J connectivity index is 0.00000289. The summed E-state index contributed by atoms with van der Waals surface area (Å²) in [5, 5.41) is 20.3. The van der Waals surface area contributed by atoms with Gasteiger partial charge >= 0.3 is 5.97 Å². The van der Waals surface area contributed by atoms with Gasteiger partial charge in [0.15, 0.2) is 5.96 Å². The average Bonchev–Trinajstić information content (AvgIpc) is 2.79. The molecular formula is C23H43Cl2N5O4. The van der Waals surface area contributed by atoms with Gasteiger partial charge in [-0.05, 0) is 51.4 Å². The number of rotatable bonds is 9. The fourth-order valence-corrected chi connectivity index (χ4v) is 5.37. The summed E-state index contributed by atoms with van der Waals surface area (Å²) < 4.78 is 6.10. The number of likely N-dealkylation sites (tertiary alicyclic amines) is 2. The van der Waals surface area contributed by atoms with Gasteiger partial charge < -0.3 is 30.7 Å². The Labute approximate surface area is 215 Å². The van der Waals surface area contributed by atoms with Gasteiger partial charge in [0, 0.05) is 38.3 Å². The van der Waals surface area contributed by atoms with Crippen molar-refractivity contribution >= 4 is 42.7 Å². The normalized spacial score (nSPS) is 22.9. The lowest BCUT2D eigenvalue weighted by atomic mass is 9.93. The molecule has 2 saturated heterocycles. The maximum absolute atomic E-state index is 13.4. The number of piperidine rings is 2. The van der Waals surface area contributed by atoms with Gasteiger partial charge in [-0.2, -0.15) is 0 Å². The summed E-state index contributed by atoms with van der Waals surface area (Å²) in [6.45, 7) is 2.79. The molecule has 3 rings (SSSR count). The molecule has 3 aliphatic rings. The van der Waals surface area contributed by atoms with Crippen molar-refractivity contribution in [1.29, 1.82) is 5.41 Å². The van der Waals surface area contributed by atoms with Gasteiger partial charge in [0.25, 0.3) is 0 Å². The van der Waals surface area contributed by atoms with Crippen LogP contribution in [-0.4, -0.2) is 83.2 Å². The first-order valence-corrected chi connectivity index (χ1v) is 12.4. The molecule has 0 unspecified atom stereocenters. The zero-order valence-electron chi connectivity index (χ0n) is 20.1. The van der Waals surface area contributed by atoms with Crippen LogP contribution < -0.4 is 11.1 Å². The highest BCUT2D eigenvalue weighted by Crippen LogP contribution is 2.24. The number of aliphatic carboxylic acids is 1. The molecule has 11 heteroatoms. The van der Waals surface area contributed by atoms with E-state index in [-0.39, 0.29) is 61.3 Å². The van der Waals surface area contributed by atoms with Crippen molar-refractivity contribution < 1.29 is 19.4 Å². The maximum Gasteiger partial charge on any atom is 0.305 e. The summed E-state index contributed by atoms with van der Waals surface area (Å²) >= 11 is 0. The highest BCUT2D eigenvalue weighted by atomic mass is 35.5. The number of carboxylic acids is 1. The van der Waals surface area contributed by atoms with Crippen LogP contribution >= 0.6 is 24.8 Å². The molecule has 34 heavy (non-hydrogen) atoms. The maximum atomic E-state index is 13.4. The van der Waals surface area contributed by atoms with Crippen molar-refractivity contribution in [2.24, 2.45) is 5.73 Å². The number of carbonyl (C=O) groups is 2. The quantitative estimate of drug-likeness (QED) is 0.269. The van der Waals surface area contributed by atoms with Crippen LogP contribution in [0.2, 0.25) is 0 Å². The van der Waals surface area contributed by atoms with Crippen molar-refractivity contribution in [3.63, 3.8) is 0 Å². The monoisotopic (exact) mass is 523 g/mol. The molecule has 0 aromatic carbocycles. The number of hydrogen-bond acceptors (Lipinski definition) is 5. The molecule has 0 spiro atoms. The van der Waals surface area contributed by atoms with Gasteiger partial charge in [0.2, 0.25) is 5.91 Å². The Kier molecular flexibility index (Phi) is 14.2. The number of ether oxygens (including phenoxy) is 1. The highest BCUT2D eigenvalue weighted by Gasteiger charge is 2.34. The van der Waals surface area contributed by atoms with Gasteiger partial charge in [-0.15, -0.1) is 24.8 Å². The Morgan fingerprint density at radius 1 is 1.00 bits per heavy atom. The van der Waals surface area contributed by atoms with Crippen molar-refractivity contribution in [3.8, 4) is 0 Å². The molecule has 1 aliphatic carbocycles. The van der Waals surface area contributed by atoms with Crippen LogP contribution in [0.1, 0.15) is 77.0 Å². The smallest absolute Gasteiger partial charge is 0.305 e. The molecule has 0 radical (unpaired) electrons. The number of hydrogen-bond donors (Lipinski definition) is 4. The molecule has 2 aliphatic heterocycles. The van der Waals surface area contributed by atoms with Gasteiger partial charge in [-0.1, -0.05) is 19.3 Å². The lowest BCUT2D eigenvalue weighted by molar-refractivity contribution is -0.145. The molecule has 0 bridgehead atoms. The van der Waals surface area contributed by atoms with E-state index in [4.69, 9.17) is 15.9 Å². The predicted octanol–water partition coefficient (Wildman–Crippen LogP) is 2.74. The topological polar surface area (TPSA) is 132 Å². The number of nitrogens with zero attached hydrogens (tertiary/aromatic N) is 2. The van der Waals surface area contributed by atoms with Crippen LogP contribution in [0, 0.1) is 5.41 Å². The lowest BCUT2D eigenvalue weighted by Gasteiger charge is -2.39. The Morgan fingerprint density at radius 3 is 2.26 bits per heavy atom. The minimum Gasteiger partial charge on any atom is -0.481 e. The van der Waals surface area contributed by atoms with E-state index in [1.165, 1.54) is 6.42 Å². The summed E-state index contributed by atoms with van der Waals surface area (Å²) in [5.41, 5.74) is 5.56. The van der Waals surface area contributed by atoms with E-state index in [9.17, 15) is 14.7 Å². The number of nitrogens with two attached hydrogens (primary N) is 1. The standard InChI is InChI=1S/C23H41N5O4.2ClH/c24-23(25)27-13-9-19(10-14-27)32-15-11-18-8-4-5-12-28(18)22(31)20(16-21(29)30)26-17-6-2-1-3-7-17;;/h17-20,26H,1-16H2,(H3,24,25)(H,29,30);2*1H/t18-,20+;;/m1../s1. The molecule has 198 valence electrons. The van der Waals surface area contributed by atoms with E-state index in [0.717, 1.165) is 77.3 Å². The molecule has 3 fully saturated rings. The fourth-order valence-electron chi connectivity index (χ4n) is 5.37.